The van der Waals surface area contributed by atoms with Crippen molar-refractivity contribution < 1.29 is 19.1 Å². The number of carbonyl (C=O) groups excluding carboxylic acids is 3. The maximum absolute atomic E-state index is 11.9. The van der Waals surface area contributed by atoms with Crippen LogP contribution in [0.4, 0.5) is 0 Å². The minimum atomic E-state index is -1.03. The van der Waals surface area contributed by atoms with E-state index in [4.69, 9.17) is 4.74 Å². The number of ketones is 2. The first kappa shape index (κ1) is 13.9. The summed E-state index contributed by atoms with van der Waals surface area (Å²) in [6.45, 7) is 3.79. The van der Waals surface area contributed by atoms with Crippen molar-refractivity contribution in [1.82, 2.24) is 0 Å². The molecular formula is C13H20O4. The molecule has 0 amide bonds. The largest absolute Gasteiger partial charge is 0.465 e. The van der Waals surface area contributed by atoms with Crippen molar-refractivity contribution in [3.63, 3.8) is 0 Å². The summed E-state index contributed by atoms with van der Waals surface area (Å²) in [7, 11) is 0. The third-order valence-electron chi connectivity index (χ3n) is 3.43. The second-order valence-corrected chi connectivity index (χ2v) is 4.47. The summed E-state index contributed by atoms with van der Waals surface area (Å²) in [5.41, 5.74) is -1.03. The van der Waals surface area contributed by atoms with Gasteiger partial charge in [0.2, 0.25) is 0 Å². The highest BCUT2D eigenvalue weighted by Crippen LogP contribution is 2.40. The van der Waals surface area contributed by atoms with Gasteiger partial charge < -0.3 is 4.74 Å². The van der Waals surface area contributed by atoms with E-state index < -0.39 is 11.4 Å². The summed E-state index contributed by atoms with van der Waals surface area (Å²) in [5, 5.41) is 0. The van der Waals surface area contributed by atoms with E-state index in [1.807, 2.05) is 0 Å². The maximum Gasteiger partial charge on any atom is 0.319 e. The first-order chi connectivity index (χ1) is 8.06. The average Bonchev–Trinajstić information content (AvgIpc) is 2.69. The van der Waals surface area contributed by atoms with Gasteiger partial charge >= 0.3 is 5.97 Å². The van der Waals surface area contributed by atoms with Gasteiger partial charge in [0.25, 0.3) is 0 Å². The van der Waals surface area contributed by atoms with Crippen molar-refractivity contribution in [2.75, 3.05) is 6.61 Å². The van der Waals surface area contributed by atoms with Gasteiger partial charge in [-0.25, -0.2) is 0 Å². The van der Waals surface area contributed by atoms with Crippen LogP contribution in [0.1, 0.15) is 52.4 Å². The summed E-state index contributed by atoms with van der Waals surface area (Å²) < 4.78 is 4.99. The van der Waals surface area contributed by atoms with E-state index in [1.165, 1.54) is 0 Å². The number of esters is 1. The normalized spacial score (nSPS) is 23.8. The molecule has 0 bridgehead atoms. The molecule has 1 saturated carbocycles. The van der Waals surface area contributed by atoms with Gasteiger partial charge in [-0.05, 0) is 26.2 Å². The molecule has 0 heterocycles. The van der Waals surface area contributed by atoms with Crippen LogP contribution in [0.25, 0.3) is 0 Å². The monoisotopic (exact) mass is 240 g/mol. The Balaban J connectivity index is 2.76. The Morgan fingerprint density at radius 1 is 1.35 bits per heavy atom. The molecule has 0 aromatic heterocycles. The summed E-state index contributed by atoms with van der Waals surface area (Å²) in [4.78, 5) is 35.2. The second kappa shape index (κ2) is 5.94. The number of ether oxygens (including phenoxy) is 1. The Kier molecular flexibility index (Phi) is 4.85. The van der Waals surface area contributed by atoms with Gasteiger partial charge in [0.15, 0.2) is 0 Å². The predicted octanol–water partition coefficient (Wildman–Crippen LogP) is 2.05. The van der Waals surface area contributed by atoms with Crippen LogP contribution >= 0.6 is 0 Å². The quantitative estimate of drug-likeness (QED) is 0.526. The fourth-order valence-corrected chi connectivity index (χ4v) is 2.31. The topological polar surface area (TPSA) is 60.4 Å². The lowest BCUT2D eigenvalue weighted by molar-refractivity contribution is -0.159. The Labute approximate surface area is 102 Å². The molecule has 1 fully saturated rings. The molecule has 1 unspecified atom stereocenters. The van der Waals surface area contributed by atoms with E-state index in [0.717, 1.165) is 6.42 Å². The Morgan fingerprint density at radius 2 is 2.06 bits per heavy atom. The van der Waals surface area contributed by atoms with Crippen LogP contribution < -0.4 is 0 Å². The molecule has 1 atom stereocenters. The minimum Gasteiger partial charge on any atom is -0.465 e. The number of hydrogen-bond acceptors (Lipinski definition) is 4. The molecular weight excluding hydrogens is 220 g/mol. The molecule has 0 aromatic rings. The number of Topliss-reactive ketones (excluding diaryl/α,β-unsaturated/α-hetero) is 2. The molecule has 0 aliphatic heterocycles. The van der Waals surface area contributed by atoms with E-state index in [9.17, 15) is 14.4 Å². The highest BCUT2D eigenvalue weighted by molar-refractivity contribution is 6.05. The zero-order valence-corrected chi connectivity index (χ0v) is 10.6. The van der Waals surface area contributed by atoms with Crippen LogP contribution in [0, 0.1) is 5.41 Å². The van der Waals surface area contributed by atoms with Gasteiger partial charge in [0.05, 0.1) is 6.61 Å². The van der Waals surface area contributed by atoms with Crippen LogP contribution in [0.3, 0.4) is 0 Å². The lowest BCUT2D eigenvalue weighted by atomic mass is 9.80. The molecule has 1 aliphatic carbocycles. The van der Waals surface area contributed by atoms with Crippen LogP contribution in [0.5, 0.6) is 0 Å². The molecule has 0 N–H and O–H groups in total. The molecule has 4 heteroatoms. The third kappa shape index (κ3) is 2.93. The minimum absolute atomic E-state index is 0.0557. The fraction of sp³-hybridized carbons (Fsp3) is 0.769. The molecule has 0 aromatic carbocycles. The molecule has 96 valence electrons. The second-order valence-electron chi connectivity index (χ2n) is 4.47. The van der Waals surface area contributed by atoms with Crippen molar-refractivity contribution in [2.24, 2.45) is 5.41 Å². The summed E-state index contributed by atoms with van der Waals surface area (Å²) >= 11 is 0. The highest BCUT2D eigenvalue weighted by Gasteiger charge is 2.49. The summed E-state index contributed by atoms with van der Waals surface area (Å²) in [5.74, 6) is -0.403. The van der Waals surface area contributed by atoms with Crippen LogP contribution in [-0.4, -0.2) is 24.1 Å². The first-order valence-corrected chi connectivity index (χ1v) is 6.29. The van der Waals surface area contributed by atoms with Gasteiger partial charge in [-0.15, -0.1) is 0 Å². The van der Waals surface area contributed by atoms with E-state index in [1.54, 1.807) is 13.8 Å². The highest BCUT2D eigenvalue weighted by atomic mass is 16.5. The van der Waals surface area contributed by atoms with Gasteiger partial charge in [0, 0.05) is 19.3 Å². The Bertz CT molecular complexity index is 321. The molecule has 0 saturated heterocycles. The van der Waals surface area contributed by atoms with Crippen molar-refractivity contribution in [2.45, 2.75) is 52.4 Å². The molecule has 1 rings (SSSR count). The number of carbonyl (C=O) groups is 3. The van der Waals surface area contributed by atoms with E-state index >= 15 is 0 Å². The van der Waals surface area contributed by atoms with Gasteiger partial charge in [-0.3, -0.25) is 14.4 Å². The van der Waals surface area contributed by atoms with Crippen LogP contribution in [0.15, 0.2) is 0 Å². The zero-order chi connectivity index (χ0) is 12.9. The van der Waals surface area contributed by atoms with E-state index in [-0.39, 0.29) is 18.2 Å². The van der Waals surface area contributed by atoms with Crippen LogP contribution in [0.2, 0.25) is 0 Å². The first-order valence-electron chi connectivity index (χ1n) is 6.29. The lowest BCUT2D eigenvalue weighted by Gasteiger charge is -2.24. The maximum atomic E-state index is 11.9. The van der Waals surface area contributed by atoms with Crippen molar-refractivity contribution in [3.8, 4) is 0 Å². The van der Waals surface area contributed by atoms with Crippen molar-refractivity contribution >= 4 is 17.5 Å². The van der Waals surface area contributed by atoms with E-state index in [0.29, 0.717) is 32.1 Å². The average molecular weight is 240 g/mol. The lowest BCUT2D eigenvalue weighted by Crippen LogP contribution is -2.37. The molecule has 17 heavy (non-hydrogen) atoms. The van der Waals surface area contributed by atoms with Crippen LogP contribution in [-0.2, 0) is 19.1 Å². The zero-order valence-electron chi connectivity index (χ0n) is 10.6. The molecule has 4 nitrogen and oxygen atoms in total. The number of rotatable bonds is 6. The fourth-order valence-electron chi connectivity index (χ4n) is 2.31. The Morgan fingerprint density at radius 3 is 2.53 bits per heavy atom. The van der Waals surface area contributed by atoms with Gasteiger partial charge in [-0.2, -0.15) is 0 Å². The van der Waals surface area contributed by atoms with Gasteiger partial charge in [-0.1, -0.05) is 6.92 Å². The molecule has 0 spiro atoms. The third-order valence-corrected chi connectivity index (χ3v) is 3.43. The molecule has 1 aliphatic rings. The standard InChI is InChI=1S/C13H20O4/c1-3-10(14)7-9-13(12(16)17-4-2)8-5-6-11(13)15/h3-9H2,1-2H3. The smallest absolute Gasteiger partial charge is 0.319 e. The summed E-state index contributed by atoms with van der Waals surface area (Å²) in [6, 6.07) is 0. The Hall–Kier alpha value is -1.19. The number of hydrogen-bond donors (Lipinski definition) is 0. The summed E-state index contributed by atoms with van der Waals surface area (Å²) in [6.07, 6.45) is 2.74. The van der Waals surface area contributed by atoms with Crippen molar-refractivity contribution in [1.29, 1.82) is 0 Å². The molecule has 0 radical (unpaired) electrons. The van der Waals surface area contributed by atoms with Gasteiger partial charge in [0.1, 0.15) is 17.0 Å². The van der Waals surface area contributed by atoms with E-state index in [2.05, 4.69) is 0 Å². The van der Waals surface area contributed by atoms with Crippen molar-refractivity contribution in [3.05, 3.63) is 0 Å². The SMILES string of the molecule is CCOC(=O)C1(CCC(=O)CC)CCCC1=O. The predicted molar refractivity (Wildman–Crippen MR) is 62.5 cm³/mol.